The molecule has 0 aliphatic heterocycles. The molecule has 7 nitrogen and oxygen atoms in total. The molecule has 0 spiro atoms. The first-order valence-electron chi connectivity index (χ1n) is 4.98. The molecule has 1 fully saturated rings. The van der Waals surface area contributed by atoms with Gasteiger partial charge in [0, 0.05) is 9.13 Å². The summed E-state index contributed by atoms with van der Waals surface area (Å²) in [5.74, 6) is 1.20. The molecular formula is C8H19Na2O7P2+3. The summed E-state index contributed by atoms with van der Waals surface area (Å²) < 4.78 is 17.4. The quantitative estimate of drug-likeness (QED) is 0.195. The van der Waals surface area contributed by atoms with Gasteiger partial charge >= 0.3 is 75.6 Å². The molecule has 0 heterocycles. The molecule has 11 heteroatoms. The molecule has 1 aliphatic rings. The topological polar surface area (TPSA) is 135 Å². The number of hydrogen-bond acceptors (Lipinski definition) is 3. The molecule has 0 radical (unpaired) electrons. The fraction of sp³-hybridized carbons (Fsp3) is 0.875. The van der Waals surface area contributed by atoms with Gasteiger partial charge in [-0.25, -0.2) is 6.61 Å². The fourth-order valence-electron chi connectivity index (χ4n) is 1.60. The molecule has 19 heavy (non-hydrogen) atoms. The standard InChI is InChI=1S/C8H15O.2Na.2HO3P/c1-7(6-9)8-4-2-3-5-8;;;2*1-4(2)3/h6-9H,2-5H2,1H3;;;2*(H-,1,2,3)/q-1;2*+1;;/p+2. The molecule has 1 aliphatic carbocycles. The van der Waals surface area contributed by atoms with Gasteiger partial charge < -0.3 is 5.11 Å². The Kier molecular flexibility index (Phi) is 30.6. The van der Waals surface area contributed by atoms with Crippen molar-refractivity contribution in [2.45, 2.75) is 32.6 Å². The molecule has 1 rings (SSSR count). The van der Waals surface area contributed by atoms with Crippen LogP contribution in [0, 0.1) is 18.4 Å². The van der Waals surface area contributed by atoms with Gasteiger partial charge in [0.25, 0.3) is 0 Å². The second kappa shape index (κ2) is 20.0. The number of aliphatic hydroxyl groups is 1. The number of aliphatic hydroxyl groups excluding tert-OH is 1. The van der Waals surface area contributed by atoms with Gasteiger partial charge in [-0.15, -0.1) is 25.5 Å². The zero-order chi connectivity index (χ0) is 13.8. The van der Waals surface area contributed by atoms with E-state index in [1.54, 1.807) is 0 Å². The third-order valence-electron chi connectivity index (χ3n) is 2.38. The van der Waals surface area contributed by atoms with E-state index in [-0.39, 0.29) is 59.1 Å². The number of rotatable bonds is 2. The van der Waals surface area contributed by atoms with Crippen molar-refractivity contribution in [1.29, 1.82) is 0 Å². The summed E-state index contributed by atoms with van der Waals surface area (Å²) in [6, 6.07) is 0. The van der Waals surface area contributed by atoms with Crippen LogP contribution in [0.25, 0.3) is 0 Å². The molecule has 0 saturated heterocycles. The molecule has 0 aromatic heterocycles. The molecule has 0 amide bonds. The van der Waals surface area contributed by atoms with Crippen LogP contribution in [-0.4, -0.2) is 24.7 Å². The summed E-state index contributed by atoms with van der Waals surface area (Å²) >= 11 is 0. The van der Waals surface area contributed by atoms with Gasteiger partial charge in [-0.2, -0.15) is 0 Å². The molecule has 0 aromatic carbocycles. The van der Waals surface area contributed by atoms with Crippen LogP contribution in [0.1, 0.15) is 32.6 Å². The molecule has 1 saturated carbocycles. The molecule has 0 aromatic rings. The minimum Gasteiger partial charge on any atom is -0.566 e. The fourth-order valence-corrected chi connectivity index (χ4v) is 1.60. The zero-order valence-electron chi connectivity index (χ0n) is 11.5. The summed E-state index contributed by atoms with van der Waals surface area (Å²) in [6.07, 6.45) is 5.36. The summed E-state index contributed by atoms with van der Waals surface area (Å²) in [5, 5.41) is 8.67. The minimum atomic E-state index is -2.87. The second-order valence-corrected chi connectivity index (χ2v) is 4.57. The first-order chi connectivity index (χ1) is 7.81. The summed E-state index contributed by atoms with van der Waals surface area (Å²) in [5.41, 5.74) is 0. The van der Waals surface area contributed by atoms with Crippen molar-refractivity contribution in [3.8, 4) is 0 Å². The third kappa shape index (κ3) is 28.8. The molecule has 5 N–H and O–H groups in total. The van der Waals surface area contributed by atoms with Gasteiger partial charge in [-0.05, 0) is 0 Å². The van der Waals surface area contributed by atoms with Crippen LogP contribution in [0.2, 0.25) is 0 Å². The Hall–Kier alpha value is 2.00. The smallest absolute Gasteiger partial charge is 0.566 e. The predicted molar refractivity (Wildman–Crippen MR) is 61.4 cm³/mol. The Labute approximate surface area is 159 Å². The van der Waals surface area contributed by atoms with Crippen molar-refractivity contribution in [2.24, 2.45) is 11.8 Å². The third-order valence-corrected chi connectivity index (χ3v) is 2.38. The average Bonchev–Trinajstić information content (AvgIpc) is 2.67. The zero-order valence-corrected chi connectivity index (χ0v) is 17.3. The van der Waals surface area contributed by atoms with Gasteiger partial charge in [0.15, 0.2) is 0 Å². The molecule has 0 bridgehead atoms. The Balaban J connectivity index is -0.0000000975. The predicted octanol–water partition coefficient (Wildman–Crippen LogP) is -4.39. The molecule has 1 atom stereocenters. The van der Waals surface area contributed by atoms with Gasteiger partial charge in [-0.3, -0.25) is 0 Å². The van der Waals surface area contributed by atoms with Crippen LogP contribution in [-0.2, 0) is 9.13 Å². The van der Waals surface area contributed by atoms with Crippen LogP contribution in [0.5, 0.6) is 0 Å². The monoisotopic (exact) mass is 335 g/mol. The van der Waals surface area contributed by atoms with Gasteiger partial charge in [0.1, 0.15) is 0 Å². The van der Waals surface area contributed by atoms with E-state index >= 15 is 0 Å². The van der Waals surface area contributed by atoms with E-state index in [4.69, 9.17) is 33.8 Å². The van der Waals surface area contributed by atoms with Crippen molar-refractivity contribution in [3.63, 3.8) is 0 Å². The minimum absolute atomic E-state index is 0. The van der Waals surface area contributed by atoms with Crippen molar-refractivity contribution in [3.05, 3.63) is 6.61 Å². The van der Waals surface area contributed by atoms with E-state index < -0.39 is 16.5 Å². The van der Waals surface area contributed by atoms with Gasteiger partial charge in [-0.1, -0.05) is 38.5 Å². The van der Waals surface area contributed by atoms with Crippen LogP contribution < -0.4 is 59.1 Å². The maximum Gasteiger partial charge on any atom is 1.00 e. The largest absolute Gasteiger partial charge is 1.00 e. The van der Waals surface area contributed by atoms with Crippen LogP contribution in [0.15, 0.2) is 0 Å². The van der Waals surface area contributed by atoms with E-state index in [1.165, 1.54) is 32.3 Å². The maximum atomic E-state index is 8.70. The second-order valence-electron chi connectivity index (χ2n) is 3.56. The van der Waals surface area contributed by atoms with Crippen molar-refractivity contribution >= 4 is 16.5 Å². The Morgan fingerprint density at radius 2 is 1.26 bits per heavy atom. The molecular weight excluding hydrogens is 316 g/mol. The maximum absolute atomic E-state index is 8.70. The average molecular weight is 335 g/mol. The van der Waals surface area contributed by atoms with E-state index in [1.807, 2.05) is 0 Å². The Bertz CT molecular complexity index is 207. The van der Waals surface area contributed by atoms with Crippen molar-refractivity contribution < 1.29 is 92.9 Å². The van der Waals surface area contributed by atoms with E-state index in [0.717, 1.165) is 5.92 Å². The number of hydrogen-bond donors (Lipinski definition) is 5. The van der Waals surface area contributed by atoms with E-state index in [9.17, 15) is 0 Å². The van der Waals surface area contributed by atoms with Gasteiger partial charge in [0.05, 0.1) is 0 Å². The van der Waals surface area contributed by atoms with Crippen molar-refractivity contribution in [1.82, 2.24) is 0 Å². The van der Waals surface area contributed by atoms with E-state index in [2.05, 4.69) is 6.92 Å². The molecule has 102 valence electrons. The van der Waals surface area contributed by atoms with Crippen molar-refractivity contribution in [2.75, 3.05) is 0 Å². The van der Waals surface area contributed by atoms with Crippen LogP contribution >= 0.6 is 16.5 Å². The summed E-state index contributed by atoms with van der Waals surface area (Å²) in [6.45, 7) is 3.44. The Morgan fingerprint density at radius 3 is 1.47 bits per heavy atom. The van der Waals surface area contributed by atoms with E-state index in [0.29, 0.717) is 5.92 Å². The van der Waals surface area contributed by atoms with Crippen LogP contribution in [0.4, 0.5) is 0 Å². The normalized spacial score (nSPS) is 14.4. The summed E-state index contributed by atoms with van der Waals surface area (Å²) in [4.78, 5) is 28.5. The first-order valence-corrected chi connectivity index (χ1v) is 7.31. The summed E-state index contributed by atoms with van der Waals surface area (Å²) in [7, 11) is -5.74. The SMILES string of the molecule is CC([CH-]O)C1CCCC1.O=[P+](O)O.O=[P+](O)O.[Na+].[Na+]. The Morgan fingerprint density at radius 1 is 1.00 bits per heavy atom. The van der Waals surface area contributed by atoms with Crippen LogP contribution in [0.3, 0.4) is 0 Å². The first kappa shape index (κ1) is 29.1. The molecule has 1 unspecified atom stereocenters. The van der Waals surface area contributed by atoms with Gasteiger partial charge in [0.2, 0.25) is 0 Å².